The van der Waals surface area contributed by atoms with Crippen LogP contribution in [-0.4, -0.2) is 59.6 Å². The lowest BCUT2D eigenvalue weighted by Crippen LogP contribution is -2.49. The second-order valence-corrected chi connectivity index (χ2v) is 8.86. The molecule has 0 unspecified atom stereocenters. The van der Waals surface area contributed by atoms with E-state index in [1.165, 1.54) is 5.56 Å². The minimum Gasteiger partial charge on any atom is -0.490 e. The van der Waals surface area contributed by atoms with Crippen molar-refractivity contribution >= 4 is 11.6 Å². The third-order valence-corrected chi connectivity index (χ3v) is 5.82. The summed E-state index contributed by atoms with van der Waals surface area (Å²) in [5.74, 6) is 0.724. The highest BCUT2D eigenvalue weighted by atomic mass is 35.5. The number of nitrogens with zero attached hydrogens (tertiary/aromatic N) is 1. The van der Waals surface area contributed by atoms with Crippen LogP contribution in [0.1, 0.15) is 30.9 Å². The Bertz CT molecular complexity index is 774. The predicted octanol–water partition coefficient (Wildman–Crippen LogP) is 3.26. The fourth-order valence-corrected chi connectivity index (χ4v) is 3.89. The summed E-state index contributed by atoms with van der Waals surface area (Å²) in [6.07, 6.45) is 2.67. The Balaban J connectivity index is 1.39. The fourth-order valence-electron chi connectivity index (χ4n) is 3.76. The zero-order valence-corrected chi connectivity index (χ0v) is 18.4. The van der Waals surface area contributed by atoms with Gasteiger partial charge in [0, 0.05) is 30.8 Å². The lowest BCUT2D eigenvalue weighted by molar-refractivity contribution is 0.00785. The molecule has 6 heteroatoms. The van der Waals surface area contributed by atoms with Gasteiger partial charge in [0.2, 0.25) is 0 Å². The van der Waals surface area contributed by atoms with Gasteiger partial charge in [-0.1, -0.05) is 41.9 Å². The Morgan fingerprint density at radius 2 is 1.83 bits per heavy atom. The second kappa shape index (κ2) is 11.1. The van der Waals surface area contributed by atoms with Gasteiger partial charge in [-0.2, -0.15) is 0 Å². The summed E-state index contributed by atoms with van der Waals surface area (Å²) in [7, 11) is 0. The molecule has 0 amide bonds. The molecule has 3 rings (SSSR count). The molecule has 0 radical (unpaired) electrons. The summed E-state index contributed by atoms with van der Waals surface area (Å²) in [6, 6.07) is 16.1. The van der Waals surface area contributed by atoms with E-state index in [0.717, 1.165) is 48.8 Å². The molecule has 0 aromatic heterocycles. The van der Waals surface area contributed by atoms with Crippen LogP contribution in [0.25, 0.3) is 0 Å². The van der Waals surface area contributed by atoms with Crippen LogP contribution in [0.15, 0.2) is 48.5 Å². The highest BCUT2D eigenvalue weighted by Gasteiger charge is 2.25. The lowest BCUT2D eigenvalue weighted by Gasteiger charge is -2.34. The summed E-state index contributed by atoms with van der Waals surface area (Å²) < 4.78 is 5.87. The van der Waals surface area contributed by atoms with Gasteiger partial charge in [-0.15, -0.1) is 0 Å². The maximum atomic E-state index is 10.7. The van der Waals surface area contributed by atoms with E-state index < -0.39 is 5.60 Å². The first-order valence-electron chi connectivity index (χ1n) is 10.7. The molecule has 1 heterocycles. The minimum absolute atomic E-state index is 0.0784. The smallest absolute Gasteiger partial charge is 0.122 e. The third kappa shape index (κ3) is 7.25. The van der Waals surface area contributed by atoms with Crippen LogP contribution in [0.2, 0.25) is 5.02 Å². The SMILES string of the molecule is C[C@](O)(CNC1CCN(Cc2ccc(Cl)cc2)CC1)COc1ccccc1CCO. The van der Waals surface area contributed by atoms with E-state index in [1.807, 2.05) is 36.4 Å². The number of rotatable bonds is 10. The Morgan fingerprint density at radius 1 is 1.13 bits per heavy atom. The molecule has 0 spiro atoms. The molecule has 0 aliphatic carbocycles. The van der Waals surface area contributed by atoms with Crippen molar-refractivity contribution in [2.75, 3.05) is 32.8 Å². The van der Waals surface area contributed by atoms with E-state index >= 15 is 0 Å². The maximum absolute atomic E-state index is 10.7. The fraction of sp³-hybridized carbons (Fsp3) is 0.500. The van der Waals surface area contributed by atoms with Crippen molar-refractivity contribution in [3.05, 3.63) is 64.7 Å². The first-order valence-corrected chi connectivity index (χ1v) is 11.1. The Labute approximate surface area is 184 Å². The van der Waals surface area contributed by atoms with Gasteiger partial charge in [-0.25, -0.2) is 0 Å². The highest BCUT2D eigenvalue weighted by molar-refractivity contribution is 6.30. The van der Waals surface area contributed by atoms with Crippen molar-refractivity contribution < 1.29 is 14.9 Å². The number of benzene rings is 2. The Morgan fingerprint density at radius 3 is 2.53 bits per heavy atom. The minimum atomic E-state index is -0.966. The quantitative estimate of drug-likeness (QED) is 0.537. The molecule has 164 valence electrons. The summed E-state index contributed by atoms with van der Waals surface area (Å²) in [5.41, 5.74) is 1.27. The molecule has 3 N–H and O–H groups in total. The van der Waals surface area contributed by atoms with Crippen molar-refractivity contribution in [1.82, 2.24) is 10.2 Å². The van der Waals surface area contributed by atoms with Gasteiger partial charge in [0.15, 0.2) is 0 Å². The molecule has 0 bridgehead atoms. The predicted molar refractivity (Wildman–Crippen MR) is 121 cm³/mol. The Kier molecular flexibility index (Phi) is 8.54. The van der Waals surface area contributed by atoms with Crippen molar-refractivity contribution in [2.24, 2.45) is 0 Å². The summed E-state index contributed by atoms with van der Waals surface area (Å²) in [6.45, 7) is 5.58. The van der Waals surface area contributed by atoms with Gasteiger partial charge in [0.1, 0.15) is 18.0 Å². The first-order chi connectivity index (χ1) is 14.4. The van der Waals surface area contributed by atoms with Crippen LogP contribution in [0.3, 0.4) is 0 Å². The van der Waals surface area contributed by atoms with Gasteiger partial charge >= 0.3 is 0 Å². The molecule has 1 aliphatic rings. The number of likely N-dealkylation sites (tertiary alicyclic amines) is 1. The van der Waals surface area contributed by atoms with E-state index in [9.17, 15) is 10.2 Å². The number of hydrogen-bond acceptors (Lipinski definition) is 5. The van der Waals surface area contributed by atoms with Crippen LogP contribution in [-0.2, 0) is 13.0 Å². The first kappa shape index (κ1) is 23.0. The van der Waals surface area contributed by atoms with Gasteiger partial charge in [-0.05, 0) is 68.6 Å². The third-order valence-electron chi connectivity index (χ3n) is 5.57. The molecule has 1 atom stereocenters. The summed E-state index contributed by atoms with van der Waals surface area (Å²) in [4.78, 5) is 2.46. The number of aliphatic hydroxyl groups excluding tert-OH is 1. The van der Waals surface area contributed by atoms with Crippen molar-refractivity contribution in [3.63, 3.8) is 0 Å². The van der Waals surface area contributed by atoms with E-state index in [1.54, 1.807) is 6.92 Å². The van der Waals surface area contributed by atoms with Crippen LogP contribution < -0.4 is 10.1 Å². The molecule has 30 heavy (non-hydrogen) atoms. The molecule has 1 saturated heterocycles. The normalized spacial score (nSPS) is 17.6. The monoisotopic (exact) mass is 432 g/mol. The van der Waals surface area contributed by atoms with Gasteiger partial charge in [0.05, 0.1) is 0 Å². The number of hydrogen-bond donors (Lipinski definition) is 3. The van der Waals surface area contributed by atoms with E-state index in [0.29, 0.717) is 19.0 Å². The molecular weight excluding hydrogens is 400 g/mol. The summed E-state index contributed by atoms with van der Waals surface area (Å²) in [5, 5.41) is 24.2. The lowest BCUT2D eigenvalue weighted by atomic mass is 10.0. The van der Waals surface area contributed by atoms with Gasteiger partial charge < -0.3 is 20.3 Å². The van der Waals surface area contributed by atoms with Crippen molar-refractivity contribution in [3.8, 4) is 5.75 Å². The molecule has 1 fully saturated rings. The van der Waals surface area contributed by atoms with Crippen molar-refractivity contribution in [1.29, 1.82) is 0 Å². The van der Waals surface area contributed by atoms with Crippen LogP contribution in [0.5, 0.6) is 5.75 Å². The van der Waals surface area contributed by atoms with Crippen LogP contribution >= 0.6 is 11.6 Å². The number of aliphatic hydroxyl groups is 2. The Hall–Kier alpha value is -1.63. The molecular formula is C24H33ClN2O3. The van der Waals surface area contributed by atoms with E-state index in [2.05, 4.69) is 22.3 Å². The summed E-state index contributed by atoms with van der Waals surface area (Å²) >= 11 is 5.96. The topological polar surface area (TPSA) is 65.0 Å². The molecule has 2 aromatic rings. The molecule has 1 aliphatic heterocycles. The number of halogens is 1. The maximum Gasteiger partial charge on any atom is 0.122 e. The second-order valence-electron chi connectivity index (χ2n) is 8.42. The molecule has 0 saturated carbocycles. The van der Waals surface area contributed by atoms with Crippen LogP contribution in [0, 0.1) is 0 Å². The number of nitrogens with one attached hydrogen (secondary N) is 1. The highest BCUT2D eigenvalue weighted by Crippen LogP contribution is 2.20. The van der Waals surface area contributed by atoms with E-state index in [4.69, 9.17) is 16.3 Å². The van der Waals surface area contributed by atoms with Crippen LogP contribution in [0.4, 0.5) is 0 Å². The largest absolute Gasteiger partial charge is 0.490 e. The average molecular weight is 433 g/mol. The molecule has 5 nitrogen and oxygen atoms in total. The van der Waals surface area contributed by atoms with Gasteiger partial charge in [0.25, 0.3) is 0 Å². The molecule has 2 aromatic carbocycles. The number of ether oxygens (including phenoxy) is 1. The average Bonchev–Trinajstić information content (AvgIpc) is 2.75. The number of para-hydroxylation sites is 1. The standard InChI is InChI=1S/C24H33ClN2O3/c1-24(29,18-30-23-5-3-2-4-20(23)12-15-28)17-26-22-10-13-27(14-11-22)16-19-6-8-21(25)9-7-19/h2-9,22,26,28-29H,10-18H2,1H3/t24-/m0/s1. The van der Waals surface area contributed by atoms with E-state index in [-0.39, 0.29) is 13.2 Å². The zero-order valence-electron chi connectivity index (χ0n) is 17.7. The van der Waals surface area contributed by atoms with Gasteiger partial charge in [-0.3, -0.25) is 4.90 Å². The number of piperidine rings is 1. The zero-order chi connectivity index (χ0) is 21.4. The van der Waals surface area contributed by atoms with Crippen molar-refractivity contribution in [2.45, 2.75) is 44.4 Å².